The fraction of sp³-hybridized carbons (Fsp3) is 0.423. The molecule has 2 N–H and O–H groups in total. The summed E-state index contributed by atoms with van der Waals surface area (Å²) < 4.78 is 21.9. The van der Waals surface area contributed by atoms with E-state index in [1.54, 1.807) is 37.8 Å². The van der Waals surface area contributed by atoms with Crippen LogP contribution in [-0.4, -0.2) is 69.0 Å². The number of amides is 1. The molecule has 1 unspecified atom stereocenters. The maximum atomic E-state index is 14.5. The van der Waals surface area contributed by atoms with Crippen LogP contribution < -0.4 is 15.5 Å². The number of carbonyl (C=O) groups excluding carboxylic acids is 1. The Bertz CT molecular complexity index is 1490. The first-order valence-corrected chi connectivity index (χ1v) is 12.5. The number of hydrogen-bond donors (Lipinski definition) is 2. The van der Waals surface area contributed by atoms with Crippen molar-refractivity contribution >= 4 is 39.6 Å². The summed E-state index contributed by atoms with van der Waals surface area (Å²) in [6, 6.07) is 5.71. The average molecular weight is 505 g/mol. The number of anilines is 3. The topological polar surface area (TPSA) is 110 Å². The van der Waals surface area contributed by atoms with Crippen LogP contribution in [0.2, 0.25) is 0 Å². The lowest BCUT2D eigenvalue weighted by atomic mass is 10.0. The number of fused-ring (bicyclic) bond motifs is 2. The van der Waals surface area contributed by atoms with Crippen LogP contribution in [0.25, 0.3) is 27.8 Å². The molecule has 0 radical (unpaired) electrons. The van der Waals surface area contributed by atoms with Crippen molar-refractivity contribution in [1.82, 2.24) is 24.6 Å². The zero-order valence-corrected chi connectivity index (χ0v) is 21.0. The summed E-state index contributed by atoms with van der Waals surface area (Å²) in [5.41, 5.74) is 0.901. The Morgan fingerprint density at radius 2 is 2.03 bits per heavy atom. The van der Waals surface area contributed by atoms with E-state index in [-0.39, 0.29) is 11.8 Å². The number of rotatable bonds is 6. The Kier molecular flexibility index (Phi) is 5.67. The van der Waals surface area contributed by atoms with Crippen molar-refractivity contribution in [2.24, 2.45) is 5.92 Å². The van der Waals surface area contributed by atoms with Gasteiger partial charge in [0, 0.05) is 54.8 Å². The van der Waals surface area contributed by atoms with E-state index in [0.29, 0.717) is 42.8 Å². The van der Waals surface area contributed by atoms with Crippen molar-refractivity contribution in [3.63, 3.8) is 0 Å². The molecule has 4 aromatic rings. The molecule has 5 heterocycles. The number of ether oxygens (including phenoxy) is 1. The molecule has 1 amide bonds. The van der Waals surface area contributed by atoms with Crippen LogP contribution in [0.4, 0.5) is 21.7 Å². The Hall–Kier alpha value is -3.86. The van der Waals surface area contributed by atoms with Gasteiger partial charge < -0.3 is 20.3 Å². The summed E-state index contributed by atoms with van der Waals surface area (Å²) in [5, 5.41) is 12.4. The number of pyridine rings is 3. The molecule has 192 valence electrons. The van der Waals surface area contributed by atoms with Crippen LogP contribution in [0.5, 0.6) is 0 Å². The van der Waals surface area contributed by atoms with Crippen molar-refractivity contribution in [3.8, 4) is 11.4 Å². The predicted molar refractivity (Wildman–Crippen MR) is 140 cm³/mol. The molecule has 1 atom stereocenters. The lowest BCUT2D eigenvalue weighted by Crippen LogP contribution is -2.50. The molecule has 1 aliphatic carbocycles. The molecule has 6 rings (SSSR count). The average Bonchev–Trinajstić information content (AvgIpc) is 3.66. The number of hydrogen-bond acceptors (Lipinski definition) is 8. The van der Waals surface area contributed by atoms with Gasteiger partial charge >= 0.3 is 0 Å². The molecular weight excluding hydrogens is 475 g/mol. The predicted octanol–water partition coefficient (Wildman–Crippen LogP) is 3.68. The van der Waals surface area contributed by atoms with E-state index < -0.39 is 11.8 Å². The van der Waals surface area contributed by atoms with Gasteiger partial charge in [0.15, 0.2) is 11.5 Å². The van der Waals surface area contributed by atoms with Crippen molar-refractivity contribution in [2.75, 3.05) is 42.3 Å². The van der Waals surface area contributed by atoms with E-state index in [2.05, 4.69) is 25.5 Å². The van der Waals surface area contributed by atoms with Crippen LogP contribution in [0, 0.1) is 5.92 Å². The van der Waals surface area contributed by atoms with E-state index in [1.807, 2.05) is 24.4 Å². The van der Waals surface area contributed by atoms with E-state index in [4.69, 9.17) is 14.8 Å². The normalized spacial score (nSPS) is 18.4. The Morgan fingerprint density at radius 3 is 2.78 bits per heavy atom. The highest BCUT2D eigenvalue weighted by Crippen LogP contribution is 2.33. The van der Waals surface area contributed by atoms with Crippen LogP contribution in [0.3, 0.4) is 0 Å². The van der Waals surface area contributed by atoms with Crippen LogP contribution in [0.15, 0.2) is 36.8 Å². The molecule has 0 aromatic carbocycles. The number of morpholine rings is 1. The van der Waals surface area contributed by atoms with Crippen molar-refractivity contribution in [3.05, 3.63) is 36.8 Å². The summed E-state index contributed by atoms with van der Waals surface area (Å²) in [4.78, 5) is 28.1. The van der Waals surface area contributed by atoms with Crippen molar-refractivity contribution in [2.45, 2.75) is 38.5 Å². The third-order valence-electron chi connectivity index (χ3n) is 6.96. The minimum atomic E-state index is -1.43. The van der Waals surface area contributed by atoms with Gasteiger partial charge in [0.25, 0.3) is 0 Å². The van der Waals surface area contributed by atoms with Crippen molar-refractivity contribution in [1.29, 1.82) is 0 Å². The molecule has 10 nitrogen and oxygen atoms in total. The first-order chi connectivity index (χ1) is 17.8. The van der Waals surface area contributed by atoms with Gasteiger partial charge in [-0.15, -0.1) is 5.10 Å². The fourth-order valence-corrected chi connectivity index (χ4v) is 4.63. The third kappa shape index (κ3) is 4.55. The number of carbonyl (C=O) groups is 1. The molecule has 0 spiro atoms. The molecule has 0 bridgehead atoms. The van der Waals surface area contributed by atoms with Crippen LogP contribution >= 0.6 is 0 Å². The number of halogens is 1. The smallest absolute Gasteiger partial charge is 0.228 e. The van der Waals surface area contributed by atoms with Gasteiger partial charge in [0.05, 0.1) is 18.5 Å². The van der Waals surface area contributed by atoms with E-state index in [9.17, 15) is 9.18 Å². The molecule has 1 saturated carbocycles. The highest BCUT2D eigenvalue weighted by molar-refractivity contribution is 6.03. The maximum Gasteiger partial charge on any atom is 0.228 e. The largest absolute Gasteiger partial charge is 0.373 e. The standard InChI is InChI=1S/C26H29FN8O2/c1-26(2,27)20-14-34(8-9-37-20)16-6-7-22-32-24(33-35(22)13-16)19-12-30-23(28-3)18-11-29-21(10-17(18)19)31-25(36)15-4-5-15/h6-7,10-13,15,20H,4-5,8-9,14H2,1-3H3,(H,28,30)(H,29,31,36). The lowest BCUT2D eigenvalue weighted by molar-refractivity contribution is -0.117. The summed E-state index contributed by atoms with van der Waals surface area (Å²) in [7, 11) is 1.80. The van der Waals surface area contributed by atoms with Gasteiger partial charge in [0.1, 0.15) is 23.4 Å². The molecule has 1 aliphatic heterocycles. The van der Waals surface area contributed by atoms with Crippen molar-refractivity contribution < 1.29 is 13.9 Å². The Labute approximate surface area is 213 Å². The molecule has 37 heavy (non-hydrogen) atoms. The highest BCUT2D eigenvalue weighted by Gasteiger charge is 2.34. The van der Waals surface area contributed by atoms with Gasteiger partial charge in [-0.3, -0.25) is 4.79 Å². The molecule has 11 heteroatoms. The lowest BCUT2D eigenvalue weighted by Gasteiger charge is -2.38. The second-order valence-corrected chi connectivity index (χ2v) is 10.1. The number of aromatic nitrogens is 5. The maximum absolute atomic E-state index is 14.5. The van der Waals surface area contributed by atoms with Gasteiger partial charge in [-0.05, 0) is 44.9 Å². The highest BCUT2D eigenvalue weighted by atomic mass is 19.1. The molecule has 2 fully saturated rings. The molecule has 4 aromatic heterocycles. The second kappa shape index (κ2) is 8.91. The van der Waals surface area contributed by atoms with E-state index in [1.165, 1.54) is 0 Å². The van der Waals surface area contributed by atoms with E-state index >= 15 is 0 Å². The zero-order valence-electron chi connectivity index (χ0n) is 21.0. The van der Waals surface area contributed by atoms with Gasteiger partial charge in [0.2, 0.25) is 5.91 Å². The number of alkyl halides is 1. The summed E-state index contributed by atoms with van der Waals surface area (Å²) in [5.74, 6) is 1.75. The molecule has 1 saturated heterocycles. The van der Waals surface area contributed by atoms with Crippen LogP contribution in [0.1, 0.15) is 26.7 Å². The minimum absolute atomic E-state index is 0.00354. The third-order valence-corrected chi connectivity index (χ3v) is 6.96. The summed E-state index contributed by atoms with van der Waals surface area (Å²) in [6.07, 6.45) is 6.67. The number of nitrogens with zero attached hydrogens (tertiary/aromatic N) is 6. The first-order valence-electron chi connectivity index (χ1n) is 12.5. The minimum Gasteiger partial charge on any atom is -0.373 e. The second-order valence-electron chi connectivity index (χ2n) is 10.1. The van der Waals surface area contributed by atoms with Gasteiger partial charge in [-0.1, -0.05) is 0 Å². The van der Waals surface area contributed by atoms with E-state index in [0.717, 1.165) is 34.9 Å². The Balaban J connectivity index is 1.36. The zero-order chi connectivity index (χ0) is 25.7. The molecule has 2 aliphatic rings. The molecular formula is C26H29FN8O2. The number of nitrogens with one attached hydrogen (secondary N) is 2. The first kappa shape index (κ1) is 23.5. The van der Waals surface area contributed by atoms with Gasteiger partial charge in [-0.2, -0.15) is 0 Å². The fourth-order valence-electron chi connectivity index (χ4n) is 4.63. The van der Waals surface area contributed by atoms with Gasteiger partial charge in [-0.25, -0.2) is 23.9 Å². The summed E-state index contributed by atoms with van der Waals surface area (Å²) in [6.45, 7) is 4.68. The summed E-state index contributed by atoms with van der Waals surface area (Å²) >= 11 is 0. The monoisotopic (exact) mass is 504 g/mol. The SMILES string of the molecule is CNc1ncc(-c2nc3ccc(N4CCOC(C(C)(C)F)C4)cn3n2)c2cc(NC(=O)C3CC3)ncc12. The quantitative estimate of drug-likeness (QED) is 0.409. The van der Waals surface area contributed by atoms with Crippen LogP contribution in [-0.2, 0) is 9.53 Å². The Morgan fingerprint density at radius 1 is 1.19 bits per heavy atom.